The van der Waals surface area contributed by atoms with Crippen molar-refractivity contribution in [3.8, 4) is 0 Å². The molecule has 5 heteroatoms. The van der Waals surface area contributed by atoms with Crippen molar-refractivity contribution in [1.82, 2.24) is 9.47 Å². The van der Waals surface area contributed by atoms with Crippen LogP contribution < -0.4 is 5.56 Å². The summed E-state index contributed by atoms with van der Waals surface area (Å²) in [6, 6.07) is 14.8. The molecule has 3 rings (SSSR count). The number of aromatic nitrogens is 1. The molecule has 136 valence electrons. The van der Waals surface area contributed by atoms with Crippen molar-refractivity contribution in [2.75, 3.05) is 13.1 Å². The maximum absolute atomic E-state index is 12.6. The van der Waals surface area contributed by atoms with Crippen LogP contribution in [0.5, 0.6) is 0 Å². The number of amides is 1. The van der Waals surface area contributed by atoms with Gasteiger partial charge in [-0.15, -0.1) is 0 Å². The van der Waals surface area contributed by atoms with Gasteiger partial charge in [0.1, 0.15) is 12.3 Å². The molecule has 0 radical (unpaired) electrons. The van der Waals surface area contributed by atoms with Crippen LogP contribution >= 0.6 is 0 Å². The first-order valence-electron chi connectivity index (χ1n) is 9.13. The van der Waals surface area contributed by atoms with Crippen molar-refractivity contribution in [1.29, 1.82) is 0 Å². The molecule has 2 aromatic rings. The van der Waals surface area contributed by atoms with Gasteiger partial charge in [-0.2, -0.15) is 0 Å². The molecule has 0 bridgehead atoms. The summed E-state index contributed by atoms with van der Waals surface area (Å²) < 4.78 is 1.41. The summed E-state index contributed by atoms with van der Waals surface area (Å²) in [5.74, 6) is 0.0333. The number of hydrogen-bond acceptors (Lipinski definition) is 3. The predicted octanol–water partition coefficient (Wildman–Crippen LogP) is 2.29. The first-order valence-corrected chi connectivity index (χ1v) is 9.13. The summed E-state index contributed by atoms with van der Waals surface area (Å²) in [7, 11) is 0. The molecule has 5 nitrogen and oxygen atoms in total. The molecule has 0 unspecified atom stereocenters. The summed E-state index contributed by atoms with van der Waals surface area (Å²) in [5, 5.41) is 0. The minimum Gasteiger partial charge on any atom is -0.340 e. The number of aryl methyl sites for hydroxylation is 1. The Balaban J connectivity index is 1.54. The largest absolute Gasteiger partial charge is 0.340 e. The number of Topliss-reactive ketones (excluding diaryl/α,β-unsaturated/α-hetero) is 1. The molecule has 1 aromatic heterocycles. The number of benzene rings is 1. The molecule has 0 N–H and O–H groups in total. The topological polar surface area (TPSA) is 59.4 Å². The average molecular weight is 352 g/mol. The minimum absolute atomic E-state index is 0.0323. The molecule has 0 aliphatic carbocycles. The molecule has 1 aromatic carbocycles. The molecule has 2 heterocycles. The van der Waals surface area contributed by atoms with Crippen LogP contribution in [0.25, 0.3) is 0 Å². The highest BCUT2D eigenvalue weighted by Crippen LogP contribution is 2.20. The SMILES string of the molecule is O=C(CCc1ccccc1)[C@@H]1CCCN(C(=O)Cn2ccccc2=O)C1. The monoisotopic (exact) mass is 352 g/mol. The minimum atomic E-state index is -0.187. The first-order chi connectivity index (χ1) is 12.6. The van der Waals surface area contributed by atoms with E-state index < -0.39 is 0 Å². The Morgan fingerprint density at radius 2 is 1.81 bits per heavy atom. The summed E-state index contributed by atoms with van der Waals surface area (Å²) in [6.07, 6.45) is 4.53. The second kappa shape index (κ2) is 8.61. The summed E-state index contributed by atoms with van der Waals surface area (Å²) in [6.45, 7) is 1.15. The van der Waals surface area contributed by atoms with Crippen LogP contribution in [0.2, 0.25) is 0 Å². The van der Waals surface area contributed by atoms with Crippen LogP contribution in [0.3, 0.4) is 0 Å². The first kappa shape index (κ1) is 18.1. The standard InChI is InChI=1S/C21H24N2O3/c24-19(12-11-17-7-2-1-3-8-17)18-9-6-14-22(15-18)21(26)16-23-13-5-4-10-20(23)25/h1-5,7-8,10,13,18H,6,9,11-12,14-16H2/t18-/m1/s1. The molecular formula is C21H24N2O3. The molecule has 0 saturated carbocycles. The second-order valence-corrected chi connectivity index (χ2v) is 6.80. The van der Waals surface area contributed by atoms with Crippen molar-refractivity contribution >= 4 is 11.7 Å². The third-order valence-corrected chi connectivity index (χ3v) is 4.94. The molecule has 1 amide bonds. The quantitative estimate of drug-likeness (QED) is 0.801. The lowest BCUT2D eigenvalue weighted by Gasteiger charge is -2.32. The summed E-state index contributed by atoms with van der Waals surface area (Å²) in [4.78, 5) is 38.6. The smallest absolute Gasteiger partial charge is 0.250 e. The highest BCUT2D eigenvalue weighted by molar-refractivity contribution is 5.83. The van der Waals surface area contributed by atoms with Crippen LogP contribution in [-0.2, 0) is 22.6 Å². The van der Waals surface area contributed by atoms with Crippen LogP contribution in [0.1, 0.15) is 24.8 Å². The van der Waals surface area contributed by atoms with Gasteiger partial charge in [-0.1, -0.05) is 36.4 Å². The maximum atomic E-state index is 12.6. The number of ketones is 1. The van der Waals surface area contributed by atoms with E-state index in [4.69, 9.17) is 0 Å². The van der Waals surface area contributed by atoms with Gasteiger partial charge in [0.2, 0.25) is 5.91 Å². The van der Waals surface area contributed by atoms with Crippen molar-refractivity contribution in [3.63, 3.8) is 0 Å². The zero-order chi connectivity index (χ0) is 18.4. The van der Waals surface area contributed by atoms with Gasteiger partial charge in [-0.05, 0) is 30.9 Å². The molecule has 26 heavy (non-hydrogen) atoms. The Morgan fingerprint density at radius 1 is 1.04 bits per heavy atom. The number of hydrogen-bond donors (Lipinski definition) is 0. The fourth-order valence-corrected chi connectivity index (χ4v) is 3.42. The Morgan fingerprint density at radius 3 is 2.58 bits per heavy atom. The van der Waals surface area contributed by atoms with E-state index in [1.165, 1.54) is 10.6 Å². The van der Waals surface area contributed by atoms with Crippen molar-refractivity contribution < 1.29 is 9.59 Å². The van der Waals surface area contributed by atoms with Gasteiger partial charge in [0.25, 0.3) is 5.56 Å². The van der Waals surface area contributed by atoms with E-state index in [0.29, 0.717) is 19.5 Å². The normalized spacial score (nSPS) is 17.1. The van der Waals surface area contributed by atoms with E-state index in [1.54, 1.807) is 23.2 Å². The van der Waals surface area contributed by atoms with Crippen LogP contribution in [0.15, 0.2) is 59.5 Å². The van der Waals surface area contributed by atoms with Gasteiger partial charge in [0.15, 0.2) is 0 Å². The predicted molar refractivity (Wildman–Crippen MR) is 99.8 cm³/mol. The molecule has 1 saturated heterocycles. The number of piperidine rings is 1. The Hall–Kier alpha value is -2.69. The summed E-state index contributed by atoms with van der Waals surface area (Å²) in [5.41, 5.74) is 0.974. The van der Waals surface area contributed by atoms with Gasteiger partial charge in [-0.25, -0.2) is 0 Å². The molecular weight excluding hydrogens is 328 g/mol. The van der Waals surface area contributed by atoms with Gasteiger partial charge in [0.05, 0.1) is 0 Å². The maximum Gasteiger partial charge on any atom is 0.250 e. The number of pyridine rings is 1. The van der Waals surface area contributed by atoms with E-state index in [1.807, 2.05) is 30.3 Å². The molecule has 1 atom stereocenters. The third-order valence-electron chi connectivity index (χ3n) is 4.94. The lowest BCUT2D eigenvalue weighted by molar-refractivity contribution is -0.135. The average Bonchev–Trinajstić information content (AvgIpc) is 2.69. The number of nitrogens with zero attached hydrogens (tertiary/aromatic N) is 2. The Bertz CT molecular complexity index is 813. The molecule has 1 fully saturated rings. The Labute approximate surface area is 153 Å². The van der Waals surface area contributed by atoms with Crippen LogP contribution in [0, 0.1) is 5.92 Å². The highest BCUT2D eigenvalue weighted by Gasteiger charge is 2.28. The van der Waals surface area contributed by atoms with Crippen LogP contribution in [-0.4, -0.2) is 34.2 Å². The second-order valence-electron chi connectivity index (χ2n) is 6.80. The lowest BCUT2D eigenvalue weighted by Crippen LogP contribution is -2.44. The van der Waals surface area contributed by atoms with E-state index in [9.17, 15) is 14.4 Å². The molecule has 1 aliphatic heterocycles. The van der Waals surface area contributed by atoms with Crippen LogP contribution in [0.4, 0.5) is 0 Å². The third kappa shape index (κ3) is 4.69. The van der Waals surface area contributed by atoms with Crippen molar-refractivity contribution in [3.05, 3.63) is 70.6 Å². The molecule has 1 aliphatic rings. The number of carbonyl (C=O) groups is 2. The van der Waals surface area contributed by atoms with Gasteiger partial charge in [0, 0.05) is 37.7 Å². The van der Waals surface area contributed by atoms with Crippen molar-refractivity contribution in [2.24, 2.45) is 5.92 Å². The Kier molecular flexibility index (Phi) is 6.00. The van der Waals surface area contributed by atoms with Gasteiger partial charge >= 0.3 is 0 Å². The van der Waals surface area contributed by atoms with Gasteiger partial charge in [-0.3, -0.25) is 14.4 Å². The number of carbonyl (C=O) groups excluding carboxylic acids is 2. The summed E-state index contributed by atoms with van der Waals surface area (Å²) >= 11 is 0. The van der Waals surface area contributed by atoms with E-state index in [2.05, 4.69) is 0 Å². The number of likely N-dealkylation sites (tertiary alicyclic amines) is 1. The highest BCUT2D eigenvalue weighted by atomic mass is 16.2. The van der Waals surface area contributed by atoms with Crippen molar-refractivity contribution in [2.45, 2.75) is 32.2 Å². The zero-order valence-corrected chi connectivity index (χ0v) is 14.8. The number of rotatable bonds is 6. The van der Waals surface area contributed by atoms with Gasteiger partial charge < -0.3 is 9.47 Å². The van der Waals surface area contributed by atoms with E-state index in [0.717, 1.165) is 24.8 Å². The van der Waals surface area contributed by atoms with E-state index in [-0.39, 0.29) is 29.7 Å². The fourth-order valence-electron chi connectivity index (χ4n) is 3.42. The zero-order valence-electron chi connectivity index (χ0n) is 14.8. The lowest BCUT2D eigenvalue weighted by atomic mass is 9.90. The molecule has 0 spiro atoms. The van der Waals surface area contributed by atoms with E-state index >= 15 is 0 Å². The fraction of sp³-hybridized carbons (Fsp3) is 0.381.